The topological polar surface area (TPSA) is 4.36 Å². The molecule has 0 aliphatic rings. The van der Waals surface area contributed by atoms with Gasteiger partial charge >= 0.3 is 0 Å². The Morgan fingerprint density at radius 2 is 1.93 bits per heavy atom. The van der Waals surface area contributed by atoms with Crippen LogP contribution in [-0.4, -0.2) is 5.54 Å². The molecule has 0 bridgehead atoms. The fourth-order valence-electron chi connectivity index (χ4n) is 1.31. The van der Waals surface area contributed by atoms with E-state index in [2.05, 4.69) is 29.6 Å². The van der Waals surface area contributed by atoms with Crippen molar-refractivity contribution in [1.82, 2.24) is 0 Å². The summed E-state index contributed by atoms with van der Waals surface area (Å²) < 4.78 is 0. The first-order valence-electron chi connectivity index (χ1n) is 4.67. The number of rotatable bonds is 3. The van der Waals surface area contributed by atoms with Gasteiger partial charge in [0.05, 0.1) is 0 Å². The highest BCUT2D eigenvalue weighted by Crippen LogP contribution is 2.30. The van der Waals surface area contributed by atoms with Crippen LogP contribution in [0.5, 0.6) is 0 Å². The van der Waals surface area contributed by atoms with E-state index in [1.807, 2.05) is 32.0 Å². The molecule has 0 aliphatic heterocycles. The second-order valence-corrected chi connectivity index (χ2v) is 4.68. The van der Waals surface area contributed by atoms with Gasteiger partial charge in [0.15, 0.2) is 0 Å². The number of thiol groups is 1. The molecule has 0 aromatic heterocycles. The summed E-state index contributed by atoms with van der Waals surface area (Å²) in [6, 6.07) is 10.1. The maximum atomic E-state index is 7.05. The van der Waals surface area contributed by atoms with Crippen molar-refractivity contribution in [2.75, 3.05) is 0 Å². The van der Waals surface area contributed by atoms with Gasteiger partial charge in [0.2, 0.25) is 5.54 Å². The summed E-state index contributed by atoms with van der Waals surface area (Å²) in [6.07, 6.45) is 0.781. The summed E-state index contributed by atoms with van der Waals surface area (Å²) in [6.45, 7) is 11.0. The van der Waals surface area contributed by atoms with E-state index in [0.717, 1.165) is 6.42 Å². The zero-order valence-corrected chi connectivity index (χ0v) is 9.46. The van der Waals surface area contributed by atoms with Crippen molar-refractivity contribution in [1.29, 1.82) is 0 Å². The SMILES string of the molecule is [C-]#[N+]C(C)(C)CC(S)c1ccccc1. The van der Waals surface area contributed by atoms with Crippen LogP contribution in [0.3, 0.4) is 0 Å². The van der Waals surface area contributed by atoms with E-state index in [4.69, 9.17) is 6.57 Å². The lowest BCUT2D eigenvalue weighted by molar-refractivity contribution is 0.552. The monoisotopic (exact) mass is 205 g/mol. The van der Waals surface area contributed by atoms with Crippen LogP contribution in [0.15, 0.2) is 30.3 Å². The van der Waals surface area contributed by atoms with Crippen molar-refractivity contribution >= 4 is 12.6 Å². The third kappa shape index (κ3) is 3.08. The molecule has 0 amide bonds. The minimum absolute atomic E-state index is 0.153. The minimum Gasteiger partial charge on any atom is -0.311 e. The molecule has 0 fully saturated rings. The zero-order chi connectivity index (χ0) is 10.6. The van der Waals surface area contributed by atoms with E-state index in [1.165, 1.54) is 5.56 Å². The van der Waals surface area contributed by atoms with Crippen LogP contribution in [0, 0.1) is 6.57 Å². The minimum atomic E-state index is -0.317. The van der Waals surface area contributed by atoms with Gasteiger partial charge in [-0.05, 0) is 5.56 Å². The van der Waals surface area contributed by atoms with E-state index in [9.17, 15) is 0 Å². The quantitative estimate of drug-likeness (QED) is 0.566. The van der Waals surface area contributed by atoms with Gasteiger partial charge in [0.25, 0.3) is 0 Å². The first kappa shape index (κ1) is 11.1. The van der Waals surface area contributed by atoms with Gasteiger partial charge in [-0.15, -0.1) is 0 Å². The van der Waals surface area contributed by atoms with E-state index in [0.29, 0.717) is 0 Å². The van der Waals surface area contributed by atoms with Crippen molar-refractivity contribution in [3.8, 4) is 0 Å². The molecular weight excluding hydrogens is 190 g/mol. The largest absolute Gasteiger partial charge is 0.311 e. The van der Waals surface area contributed by atoms with E-state index in [1.54, 1.807) is 0 Å². The Bertz CT molecular complexity index is 324. The lowest BCUT2D eigenvalue weighted by atomic mass is 9.96. The number of hydrogen-bond acceptors (Lipinski definition) is 1. The van der Waals surface area contributed by atoms with Crippen LogP contribution in [0.2, 0.25) is 0 Å². The Morgan fingerprint density at radius 3 is 2.43 bits per heavy atom. The number of benzene rings is 1. The van der Waals surface area contributed by atoms with Crippen LogP contribution in [0.1, 0.15) is 31.1 Å². The van der Waals surface area contributed by atoms with E-state index < -0.39 is 0 Å². The van der Waals surface area contributed by atoms with Crippen molar-refractivity contribution in [2.45, 2.75) is 31.1 Å². The molecule has 1 atom stereocenters. The fourth-order valence-corrected chi connectivity index (χ4v) is 1.93. The molecule has 0 aliphatic carbocycles. The molecule has 1 nitrogen and oxygen atoms in total. The fraction of sp³-hybridized carbons (Fsp3) is 0.417. The molecule has 0 heterocycles. The second-order valence-electron chi connectivity index (χ2n) is 4.05. The molecule has 14 heavy (non-hydrogen) atoms. The highest BCUT2D eigenvalue weighted by molar-refractivity contribution is 7.80. The Morgan fingerprint density at radius 1 is 1.36 bits per heavy atom. The Kier molecular flexibility index (Phi) is 3.60. The summed E-state index contributed by atoms with van der Waals surface area (Å²) in [4.78, 5) is 3.59. The van der Waals surface area contributed by atoms with Crippen LogP contribution in [0.4, 0.5) is 0 Å². The van der Waals surface area contributed by atoms with Crippen molar-refractivity contribution in [3.05, 3.63) is 47.3 Å². The van der Waals surface area contributed by atoms with Crippen LogP contribution >= 0.6 is 12.6 Å². The van der Waals surface area contributed by atoms with Gasteiger partial charge in [-0.25, -0.2) is 6.57 Å². The molecule has 0 N–H and O–H groups in total. The summed E-state index contributed by atoms with van der Waals surface area (Å²) in [5.74, 6) is 0. The second kappa shape index (κ2) is 4.52. The van der Waals surface area contributed by atoms with Crippen molar-refractivity contribution < 1.29 is 0 Å². The normalized spacial score (nSPS) is 13.3. The van der Waals surface area contributed by atoms with Crippen LogP contribution in [0.25, 0.3) is 4.85 Å². The molecule has 74 valence electrons. The van der Waals surface area contributed by atoms with E-state index >= 15 is 0 Å². The standard InChI is InChI=1S/C12H15NS/c1-12(2,13-3)9-11(14)10-7-5-4-6-8-10/h4-8,11,14H,9H2,1-2H3. The summed E-state index contributed by atoms with van der Waals surface area (Å²) >= 11 is 4.52. The third-order valence-electron chi connectivity index (χ3n) is 2.18. The smallest absolute Gasteiger partial charge is 0.228 e. The lowest BCUT2D eigenvalue weighted by Gasteiger charge is -2.16. The molecule has 1 aromatic carbocycles. The highest BCUT2D eigenvalue weighted by Gasteiger charge is 2.26. The summed E-state index contributed by atoms with van der Waals surface area (Å²) in [7, 11) is 0. The van der Waals surface area contributed by atoms with Gasteiger partial charge in [-0.1, -0.05) is 30.3 Å². The van der Waals surface area contributed by atoms with Gasteiger partial charge in [0, 0.05) is 25.5 Å². The third-order valence-corrected chi connectivity index (χ3v) is 2.66. The predicted molar refractivity (Wildman–Crippen MR) is 63.5 cm³/mol. The van der Waals surface area contributed by atoms with Crippen molar-refractivity contribution in [2.24, 2.45) is 0 Å². The maximum Gasteiger partial charge on any atom is 0.228 e. The molecule has 0 radical (unpaired) electrons. The first-order chi connectivity index (χ1) is 6.55. The number of hydrogen-bond donors (Lipinski definition) is 1. The summed E-state index contributed by atoms with van der Waals surface area (Å²) in [5, 5.41) is 0.153. The van der Waals surface area contributed by atoms with Crippen LogP contribution in [-0.2, 0) is 0 Å². The Labute approximate surface area is 91.4 Å². The predicted octanol–water partition coefficient (Wildman–Crippen LogP) is 3.75. The Hall–Kier alpha value is -0.940. The molecule has 0 saturated heterocycles. The Balaban J connectivity index is 2.70. The van der Waals surface area contributed by atoms with Gasteiger partial charge in [0.1, 0.15) is 0 Å². The summed E-state index contributed by atoms with van der Waals surface area (Å²) in [5.41, 5.74) is 0.870. The molecule has 0 spiro atoms. The zero-order valence-electron chi connectivity index (χ0n) is 8.57. The van der Waals surface area contributed by atoms with E-state index in [-0.39, 0.29) is 10.8 Å². The number of nitrogens with zero attached hydrogens (tertiary/aromatic N) is 1. The molecular formula is C12H15NS. The van der Waals surface area contributed by atoms with Gasteiger partial charge in [-0.2, -0.15) is 12.6 Å². The molecule has 2 heteroatoms. The molecule has 1 unspecified atom stereocenters. The lowest BCUT2D eigenvalue weighted by Crippen LogP contribution is -2.16. The highest BCUT2D eigenvalue weighted by atomic mass is 32.1. The maximum absolute atomic E-state index is 7.05. The average molecular weight is 205 g/mol. The molecule has 0 saturated carbocycles. The van der Waals surface area contributed by atoms with Crippen molar-refractivity contribution in [3.63, 3.8) is 0 Å². The average Bonchev–Trinajstić information content (AvgIpc) is 2.19. The molecule has 1 rings (SSSR count). The van der Waals surface area contributed by atoms with Crippen LogP contribution < -0.4 is 0 Å². The van der Waals surface area contributed by atoms with Gasteiger partial charge in [-0.3, -0.25) is 0 Å². The molecule has 1 aromatic rings. The first-order valence-corrected chi connectivity index (χ1v) is 5.18. The van der Waals surface area contributed by atoms with Gasteiger partial charge < -0.3 is 4.85 Å².